The first-order valence-electron chi connectivity index (χ1n) is 7.14. The van der Waals surface area contributed by atoms with Gasteiger partial charge in [0.15, 0.2) is 0 Å². The summed E-state index contributed by atoms with van der Waals surface area (Å²) in [5, 5.41) is 11.0. The molecule has 0 spiro atoms. The zero-order valence-electron chi connectivity index (χ0n) is 12.1. The van der Waals surface area contributed by atoms with Gasteiger partial charge in [-0.15, -0.1) is 0 Å². The van der Waals surface area contributed by atoms with Gasteiger partial charge in [-0.1, -0.05) is 58.8 Å². The van der Waals surface area contributed by atoms with Gasteiger partial charge in [-0.2, -0.15) is 0 Å². The molecule has 1 atom stereocenters. The first kappa shape index (κ1) is 16.5. The summed E-state index contributed by atoms with van der Waals surface area (Å²) >= 11 is 0. The molecule has 0 rings (SSSR count). The van der Waals surface area contributed by atoms with Crippen molar-refractivity contribution in [3.63, 3.8) is 0 Å². The van der Waals surface area contributed by atoms with Crippen LogP contribution in [0.3, 0.4) is 0 Å². The molecule has 0 aliphatic rings. The van der Waals surface area contributed by atoms with E-state index in [1.807, 2.05) is 6.92 Å². The first-order chi connectivity index (χ1) is 7.92. The summed E-state index contributed by atoms with van der Waals surface area (Å²) in [5.74, 6) is -0.726. The molecule has 0 saturated heterocycles. The van der Waals surface area contributed by atoms with E-state index in [0.29, 0.717) is 0 Å². The molecule has 0 aliphatic carbocycles. The number of rotatable bonds is 10. The molecule has 0 heterocycles. The zero-order valence-corrected chi connectivity index (χ0v) is 12.1. The third-order valence-corrected chi connectivity index (χ3v) is 4.00. The van der Waals surface area contributed by atoms with Crippen LogP contribution in [-0.2, 0) is 9.90 Å². The Balaban J connectivity index is 3.58. The molecule has 101 valence electrons. The summed E-state index contributed by atoms with van der Waals surface area (Å²) in [6.07, 6.45) is 9.96. The van der Waals surface area contributed by atoms with Gasteiger partial charge in [0, 0.05) is 0 Å². The van der Waals surface area contributed by atoms with E-state index in [-0.39, 0.29) is 5.92 Å². The SMILES string of the molecule is CCCCCCCCCC(C)C(C)(C)C([O])=O. The Kier molecular flexibility index (Phi) is 8.28. The van der Waals surface area contributed by atoms with Crippen molar-refractivity contribution in [2.45, 2.75) is 79.1 Å². The van der Waals surface area contributed by atoms with E-state index >= 15 is 0 Å². The van der Waals surface area contributed by atoms with E-state index in [9.17, 15) is 9.90 Å². The van der Waals surface area contributed by atoms with Gasteiger partial charge in [0.25, 0.3) is 0 Å². The fourth-order valence-corrected chi connectivity index (χ4v) is 1.97. The van der Waals surface area contributed by atoms with Crippen molar-refractivity contribution >= 4 is 5.97 Å². The lowest BCUT2D eigenvalue weighted by atomic mass is 9.77. The average molecular weight is 241 g/mol. The third kappa shape index (κ3) is 6.70. The molecule has 1 unspecified atom stereocenters. The molecule has 0 aliphatic heterocycles. The molecule has 0 bridgehead atoms. The van der Waals surface area contributed by atoms with E-state index in [1.165, 1.54) is 38.5 Å². The lowest BCUT2D eigenvalue weighted by Gasteiger charge is -2.25. The Morgan fingerprint density at radius 1 is 1.00 bits per heavy atom. The van der Waals surface area contributed by atoms with Crippen LogP contribution in [0.25, 0.3) is 0 Å². The molecule has 0 amide bonds. The van der Waals surface area contributed by atoms with Crippen molar-refractivity contribution in [2.75, 3.05) is 0 Å². The highest BCUT2D eigenvalue weighted by molar-refractivity contribution is 5.73. The zero-order chi connectivity index (χ0) is 13.3. The molecule has 0 N–H and O–H groups in total. The number of unbranched alkanes of at least 4 members (excludes halogenated alkanes) is 6. The van der Waals surface area contributed by atoms with Crippen molar-refractivity contribution in [3.8, 4) is 0 Å². The lowest BCUT2D eigenvalue weighted by molar-refractivity contribution is -0.156. The van der Waals surface area contributed by atoms with Crippen LogP contribution in [0.2, 0.25) is 0 Å². The van der Waals surface area contributed by atoms with Crippen LogP contribution in [0, 0.1) is 11.3 Å². The predicted octanol–water partition coefficient (Wildman–Crippen LogP) is 4.75. The minimum atomic E-state index is -0.923. The molecule has 0 saturated carbocycles. The molecule has 2 heteroatoms. The van der Waals surface area contributed by atoms with Gasteiger partial charge in [0.2, 0.25) is 0 Å². The van der Waals surface area contributed by atoms with E-state index < -0.39 is 11.4 Å². The van der Waals surface area contributed by atoms with Crippen LogP contribution in [-0.4, -0.2) is 5.97 Å². The molecule has 1 radical (unpaired) electrons. The molecule has 0 aromatic rings. The summed E-state index contributed by atoms with van der Waals surface area (Å²) in [4.78, 5) is 11.0. The quantitative estimate of drug-likeness (QED) is 0.509. The van der Waals surface area contributed by atoms with Crippen LogP contribution < -0.4 is 0 Å². The smallest absolute Gasteiger partial charge is 0.247 e. The second-order valence-electron chi connectivity index (χ2n) is 5.82. The van der Waals surface area contributed by atoms with Crippen molar-refractivity contribution in [2.24, 2.45) is 11.3 Å². The highest BCUT2D eigenvalue weighted by Gasteiger charge is 2.34. The molecule has 0 aromatic heterocycles. The monoisotopic (exact) mass is 241 g/mol. The van der Waals surface area contributed by atoms with Gasteiger partial charge in [-0.25, -0.2) is 9.90 Å². The van der Waals surface area contributed by atoms with Crippen LogP contribution in [0.4, 0.5) is 0 Å². The van der Waals surface area contributed by atoms with Crippen molar-refractivity contribution < 1.29 is 9.90 Å². The van der Waals surface area contributed by atoms with E-state index in [4.69, 9.17) is 0 Å². The first-order valence-corrected chi connectivity index (χ1v) is 7.14. The second-order valence-corrected chi connectivity index (χ2v) is 5.82. The van der Waals surface area contributed by atoms with Gasteiger partial charge >= 0.3 is 5.97 Å². The Hall–Kier alpha value is -0.530. The maximum absolute atomic E-state index is 11.0. The standard InChI is InChI=1S/C15H29O2/c1-5-6-7-8-9-10-11-12-13(2)15(3,4)14(16)17/h13H,5-12H2,1-4H3. The minimum Gasteiger partial charge on any atom is -0.247 e. The van der Waals surface area contributed by atoms with Gasteiger partial charge < -0.3 is 0 Å². The number of hydrogen-bond acceptors (Lipinski definition) is 1. The maximum Gasteiger partial charge on any atom is 0.361 e. The van der Waals surface area contributed by atoms with Crippen LogP contribution in [0.15, 0.2) is 0 Å². The molecule has 0 aromatic carbocycles. The van der Waals surface area contributed by atoms with Gasteiger partial charge in [0.05, 0.1) is 5.41 Å². The predicted molar refractivity (Wildman–Crippen MR) is 71.2 cm³/mol. The Morgan fingerprint density at radius 2 is 1.47 bits per heavy atom. The summed E-state index contributed by atoms with van der Waals surface area (Å²) in [5.41, 5.74) is -0.692. The second kappa shape index (κ2) is 8.54. The minimum absolute atomic E-state index is 0.197. The van der Waals surface area contributed by atoms with Gasteiger partial charge in [0.1, 0.15) is 0 Å². The number of carbonyl (C=O) groups excluding carboxylic acids is 1. The molecule has 2 nitrogen and oxygen atoms in total. The highest BCUT2D eigenvalue weighted by Crippen LogP contribution is 2.31. The largest absolute Gasteiger partial charge is 0.361 e. The summed E-state index contributed by atoms with van der Waals surface area (Å²) in [6.45, 7) is 7.79. The van der Waals surface area contributed by atoms with E-state index in [2.05, 4.69) is 6.92 Å². The van der Waals surface area contributed by atoms with Crippen LogP contribution >= 0.6 is 0 Å². The highest BCUT2D eigenvalue weighted by atomic mass is 16.4. The Bertz CT molecular complexity index is 209. The summed E-state index contributed by atoms with van der Waals surface area (Å²) < 4.78 is 0. The van der Waals surface area contributed by atoms with Crippen LogP contribution in [0.1, 0.15) is 79.1 Å². The maximum atomic E-state index is 11.0. The average Bonchev–Trinajstić information content (AvgIpc) is 2.27. The van der Waals surface area contributed by atoms with E-state index in [1.54, 1.807) is 13.8 Å². The van der Waals surface area contributed by atoms with Gasteiger partial charge in [-0.05, 0) is 26.2 Å². The normalized spacial score (nSPS) is 13.6. The fraction of sp³-hybridized carbons (Fsp3) is 0.933. The van der Waals surface area contributed by atoms with Crippen molar-refractivity contribution in [1.29, 1.82) is 0 Å². The fourth-order valence-electron chi connectivity index (χ4n) is 1.97. The van der Waals surface area contributed by atoms with Crippen molar-refractivity contribution in [3.05, 3.63) is 0 Å². The Labute approximate surface area is 107 Å². The molecule has 17 heavy (non-hydrogen) atoms. The van der Waals surface area contributed by atoms with E-state index in [0.717, 1.165) is 12.8 Å². The lowest BCUT2D eigenvalue weighted by Crippen LogP contribution is -2.30. The molecular formula is C15H29O2. The van der Waals surface area contributed by atoms with Crippen molar-refractivity contribution in [1.82, 2.24) is 0 Å². The number of hydrogen-bond donors (Lipinski definition) is 0. The number of carbonyl (C=O) groups is 1. The third-order valence-electron chi connectivity index (χ3n) is 4.00. The topological polar surface area (TPSA) is 37.0 Å². The Morgan fingerprint density at radius 3 is 1.94 bits per heavy atom. The molecule has 0 fully saturated rings. The summed E-state index contributed by atoms with van der Waals surface area (Å²) in [6, 6.07) is 0. The molecular weight excluding hydrogens is 212 g/mol. The van der Waals surface area contributed by atoms with Gasteiger partial charge in [-0.3, -0.25) is 0 Å². The van der Waals surface area contributed by atoms with Crippen LogP contribution in [0.5, 0.6) is 0 Å². The summed E-state index contributed by atoms with van der Waals surface area (Å²) in [7, 11) is 0.